The molecule has 2 aliphatic heterocycles. The third-order valence-corrected chi connectivity index (χ3v) is 5.83. The summed E-state index contributed by atoms with van der Waals surface area (Å²) >= 11 is 0. The summed E-state index contributed by atoms with van der Waals surface area (Å²) in [4.78, 5) is 26.4. The second kappa shape index (κ2) is 9.96. The highest BCUT2D eigenvalue weighted by molar-refractivity contribution is 5.94. The number of nitrogens with one attached hydrogen (secondary N) is 3. The highest BCUT2D eigenvalue weighted by Gasteiger charge is 2.32. The summed E-state index contributed by atoms with van der Waals surface area (Å²) in [6.45, 7) is 3.49. The second-order valence-corrected chi connectivity index (χ2v) is 8.26. The minimum atomic E-state index is -1.04. The number of amides is 1. The van der Waals surface area contributed by atoms with Gasteiger partial charge in [0.05, 0.1) is 5.57 Å². The number of carboxylic acid groups (broad SMARTS) is 1. The van der Waals surface area contributed by atoms with Gasteiger partial charge in [-0.1, -0.05) is 12.8 Å². The van der Waals surface area contributed by atoms with Gasteiger partial charge in [0.1, 0.15) is 12.5 Å². The first-order chi connectivity index (χ1) is 15.9. The predicted octanol–water partition coefficient (Wildman–Crippen LogP) is 0.274. The Bertz CT molecular complexity index is 1030. The van der Waals surface area contributed by atoms with Gasteiger partial charge in [0.15, 0.2) is 6.54 Å². The van der Waals surface area contributed by atoms with E-state index in [4.69, 9.17) is 10.8 Å². The average Bonchev–Trinajstić information content (AvgIpc) is 3.04. The lowest BCUT2D eigenvalue weighted by Gasteiger charge is -2.40. The van der Waals surface area contributed by atoms with Crippen molar-refractivity contribution >= 4 is 17.6 Å². The molecule has 2 aromatic rings. The topological polar surface area (TPSA) is 163 Å². The van der Waals surface area contributed by atoms with E-state index in [1.165, 1.54) is 12.8 Å². The molecule has 2 atom stereocenters. The van der Waals surface area contributed by atoms with Crippen LogP contribution >= 0.6 is 0 Å². The Kier molecular flexibility index (Phi) is 6.84. The van der Waals surface area contributed by atoms with Crippen LogP contribution in [0.1, 0.15) is 32.6 Å². The van der Waals surface area contributed by atoms with Gasteiger partial charge in [0, 0.05) is 30.0 Å². The smallest absolute Gasteiger partial charge is 0.327 e. The number of likely N-dealkylation sites (tertiary alicyclic amines) is 1. The average molecular weight is 456 g/mol. The van der Waals surface area contributed by atoms with Gasteiger partial charge in [-0.25, -0.2) is 0 Å². The standard InChI is InChI=1S/C21H29N9O3/c1-13-17(18(22)33)20(25-21(23-13)29-10-4-2-3-5-11-29)24-15-8-6-14(7-9-15)19-26-28-30(27-19)12-16(31)32/h6-9,20-21,23-25H,2-5,10-12H2,1H3,(H2,22,33)(H,31,32). The predicted molar refractivity (Wildman–Crippen MR) is 120 cm³/mol. The number of anilines is 1. The number of carbonyl (C=O) groups excluding carboxylic acids is 1. The number of nitrogens with zero attached hydrogens (tertiary/aromatic N) is 5. The van der Waals surface area contributed by atoms with Crippen molar-refractivity contribution in [3.63, 3.8) is 0 Å². The largest absolute Gasteiger partial charge is 0.480 e. The van der Waals surface area contributed by atoms with E-state index >= 15 is 0 Å². The zero-order chi connectivity index (χ0) is 23.4. The molecule has 0 spiro atoms. The van der Waals surface area contributed by atoms with Crippen LogP contribution in [0, 0.1) is 0 Å². The lowest BCUT2D eigenvalue weighted by atomic mass is 10.1. The maximum absolute atomic E-state index is 12.2. The van der Waals surface area contributed by atoms with Gasteiger partial charge in [-0.05, 0) is 49.2 Å². The Morgan fingerprint density at radius 2 is 1.88 bits per heavy atom. The molecule has 12 nitrogen and oxygen atoms in total. The molecule has 6 N–H and O–H groups in total. The number of hydrogen-bond acceptors (Lipinski definition) is 9. The van der Waals surface area contributed by atoms with Crippen LogP contribution < -0.4 is 21.7 Å². The maximum Gasteiger partial charge on any atom is 0.327 e. The quantitative estimate of drug-likeness (QED) is 0.392. The molecule has 0 radical (unpaired) electrons. The number of aliphatic carboxylic acids is 1. The minimum Gasteiger partial charge on any atom is -0.480 e. The van der Waals surface area contributed by atoms with Crippen LogP contribution in [0.5, 0.6) is 0 Å². The molecule has 1 aromatic heterocycles. The fraction of sp³-hybridized carbons (Fsp3) is 0.476. The Morgan fingerprint density at radius 3 is 2.52 bits per heavy atom. The molecule has 0 saturated carbocycles. The number of tetrazole rings is 1. The Labute approximate surface area is 191 Å². The van der Waals surface area contributed by atoms with Crippen molar-refractivity contribution in [2.24, 2.45) is 5.73 Å². The zero-order valence-electron chi connectivity index (χ0n) is 18.5. The maximum atomic E-state index is 12.2. The summed E-state index contributed by atoms with van der Waals surface area (Å²) in [6, 6.07) is 7.29. The molecule has 0 aliphatic carbocycles. The highest BCUT2D eigenvalue weighted by Crippen LogP contribution is 2.22. The SMILES string of the molecule is CC1=C(C(N)=O)C(Nc2ccc(-c3nnn(CC(=O)O)n3)cc2)NC(N2CCCCCC2)N1. The first-order valence-corrected chi connectivity index (χ1v) is 11.0. The van der Waals surface area contributed by atoms with Crippen LogP contribution in [-0.4, -0.2) is 67.6 Å². The van der Waals surface area contributed by atoms with E-state index in [0.29, 0.717) is 17.0 Å². The number of aromatic nitrogens is 4. The Hall–Kier alpha value is -3.51. The summed E-state index contributed by atoms with van der Waals surface area (Å²) in [5.74, 6) is -1.20. The lowest BCUT2D eigenvalue weighted by Crippen LogP contribution is -2.63. The zero-order valence-corrected chi connectivity index (χ0v) is 18.5. The van der Waals surface area contributed by atoms with Crippen LogP contribution in [0.3, 0.4) is 0 Å². The fourth-order valence-corrected chi connectivity index (χ4v) is 4.20. The van der Waals surface area contributed by atoms with E-state index in [2.05, 4.69) is 36.3 Å². The normalized spacial score (nSPS) is 21.8. The fourth-order valence-electron chi connectivity index (χ4n) is 4.20. The summed E-state index contributed by atoms with van der Waals surface area (Å²) in [6.07, 6.45) is 4.20. The summed E-state index contributed by atoms with van der Waals surface area (Å²) < 4.78 is 0. The van der Waals surface area contributed by atoms with Crippen LogP contribution in [-0.2, 0) is 16.1 Å². The third kappa shape index (κ3) is 5.46. The first kappa shape index (κ1) is 22.7. The van der Waals surface area contributed by atoms with Gasteiger partial charge in [-0.3, -0.25) is 19.8 Å². The van der Waals surface area contributed by atoms with E-state index in [1.54, 1.807) is 12.1 Å². The molecule has 2 aliphatic rings. The second-order valence-electron chi connectivity index (χ2n) is 8.26. The molecular formula is C21H29N9O3. The molecule has 1 fully saturated rings. The van der Waals surface area contributed by atoms with Crippen molar-refractivity contribution in [2.75, 3.05) is 18.4 Å². The number of primary amides is 1. The van der Waals surface area contributed by atoms with Crippen LogP contribution in [0.25, 0.3) is 11.4 Å². The van der Waals surface area contributed by atoms with Crippen molar-refractivity contribution in [1.29, 1.82) is 0 Å². The van der Waals surface area contributed by atoms with Crippen molar-refractivity contribution in [3.8, 4) is 11.4 Å². The molecule has 176 valence electrons. The molecule has 33 heavy (non-hydrogen) atoms. The van der Waals surface area contributed by atoms with Crippen molar-refractivity contribution in [2.45, 2.75) is 51.6 Å². The van der Waals surface area contributed by atoms with Crippen molar-refractivity contribution < 1.29 is 14.7 Å². The van der Waals surface area contributed by atoms with Crippen molar-refractivity contribution in [3.05, 3.63) is 35.5 Å². The molecule has 12 heteroatoms. The number of carbonyl (C=O) groups is 2. The number of hydrogen-bond donors (Lipinski definition) is 5. The van der Waals surface area contributed by atoms with Crippen LogP contribution in [0.15, 0.2) is 35.5 Å². The van der Waals surface area contributed by atoms with E-state index in [0.717, 1.165) is 42.1 Å². The van der Waals surface area contributed by atoms with E-state index < -0.39 is 18.0 Å². The van der Waals surface area contributed by atoms with Gasteiger partial charge in [-0.2, -0.15) is 4.80 Å². The Balaban J connectivity index is 1.49. The van der Waals surface area contributed by atoms with Gasteiger partial charge >= 0.3 is 5.97 Å². The molecule has 3 heterocycles. The van der Waals surface area contributed by atoms with Gasteiger partial charge < -0.3 is 21.5 Å². The van der Waals surface area contributed by atoms with E-state index in [9.17, 15) is 9.59 Å². The Morgan fingerprint density at radius 1 is 1.18 bits per heavy atom. The molecule has 0 bridgehead atoms. The molecule has 2 unspecified atom stereocenters. The summed E-state index contributed by atoms with van der Waals surface area (Å²) in [7, 11) is 0. The molecule has 4 rings (SSSR count). The first-order valence-electron chi connectivity index (χ1n) is 11.0. The summed E-state index contributed by atoms with van der Waals surface area (Å²) in [5, 5.41) is 30.8. The van der Waals surface area contributed by atoms with Crippen molar-refractivity contribution in [1.82, 2.24) is 35.7 Å². The number of benzene rings is 1. The van der Waals surface area contributed by atoms with Gasteiger partial charge in [-0.15, -0.1) is 10.2 Å². The van der Waals surface area contributed by atoms with Gasteiger partial charge in [0.25, 0.3) is 0 Å². The third-order valence-electron chi connectivity index (χ3n) is 5.83. The number of allylic oxidation sites excluding steroid dienone is 1. The van der Waals surface area contributed by atoms with Crippen LogP contribution in [0.4, 0.5) is 5.69 Å². The molecular weight excluding hydrogens is 426 g/mol. The highest BCUT2D eigenvalue weighted by atomic mass is 16.4. The lowest BCUT2D eigenvalue weighted by molar-refractivity contribution is -0.138. The number of nitrogens with two attached hydrogens (primary N) is 1. The monoisotopic (exact) mass is 455 g/mol. The molecule has 1 aromatic carbocycles. The summed E-state index contributed by atoms with van der Waals surface area (Å²) in [5.41, 5.74) is 8.37. The molecule has 1 amide bonds. The number of rotatable bonds is 7. The van der Waals surface area contributed by atoms with E-state index in [-0.39, 0.29) is 12.8 Å². The van der Waals surface area contributed by atoms with E-state index in [1.807, 2.05) is 19.1 Å². The minimum absolute atomic E-state index is 0.101. The molecule has 1 saturated heterocycles. The van der Waals surface area contributed by atoms with Gasteiger partial charge in [0.2, 0.25) is 11.7 Å². The number of carboxylic acids is 1. The van der Waals surface area contributed by atoms with Crippen LogP contribution in [0.2, 0.25) is 0 Å².